The van der Waals surface area contributed by atoms with Gasteiger partial charge in [-0.3, -0.25) is 19.3 Å². The van der Waals surface area contributed by atoms with Gasteiger partial charge in [-0.15, -0.1) is 0 Å². The van der Waals surface area contributed by atoms with Gasteiger partial charge in [-0.05, 0) is 42.3 Å². The molecule has 2 aromatic rings. The Hall–Kier alpha value is -2.84. The molecule has 0 bridgehead atoms. The van der Waals surface area contributed by atoms with Gasteiger partial charge in [0.15, 0.2) is 0 Å². The first-order valence-corrected chi connectivity index (χ1v) is 10.1. The minimum Gasteiger partial charge on any atom is -0.497 e. The molecular weight excluding hydrogens is 392 g/mol. The van der Waals surface area contributed by atoms with Crippen molar-refractivity contribution in [1.82, 2.24) is 4.90 Å². The van der Waals surface area contributed by atoms with Crippen LogP contribution in [-0.4, -0.2) is 40.9 Å². The second kappa shape index (κ2) is 9.58. The van der Waals surface area contributed by atoms with Gasteiger partial charge < -0.3 is 14.8 Å². The predicted molar refractivity (Wildman–Crippen MR) is 111 cm³/mol. The van der Waals surface area contributed by atoms with Crippen LogP contribution in [-0.2, 0) is 27.5 Å². The number of rotatable bonds is 8. The second-order valence-corrected chi connectivity index (χ2v) is 7.45. The van der Waals surface area contributed by atoms with Crippen LogP contribution in [0.2, 0.25) is 0 Å². The van der Waals surface area contributed by atoms with Crippen molar-refractivity contribution >= 4 is 34.5 Å². The van der Waals surface area contributed by atoms with Gasteiger partial charge in [-0.1, -0.05) is 36.0 Å². The van der Waals surface area contributed by atoms with E-state index in [9.17, 15) is 14.4 Å². The standard InChI is InChI=1S/C21H22N2O5S/c1-14(28-12-16-4-3-5-18(10-16)27-2)20(25)22-17-8-6-15(7-9-17)11-23-19(24)13-29-21(23)26/h3-10,14H,11-13H2,1-2H3,(H,22,25). The minimum absolute atomic E-state index is 0.181. The largest absolute Gasteiger partial charge is 0.497 e. The van der Waals surface area contributed by atoms with Crippen LogP contribution in [0.4, 0.5) is 10.5 Å². The molecular formula is C21H22N2O5S. The summed E-state index contributed by atoms with van der Waals surface area (Å²) >= 11 is 1.01. The van der Waals surface area contributed by atoms with E-state index in [1.807, 2.05) is 24.3 Å². The van der Waals surface area contributed by atoms with Gasteiger partial charge in [0, 0.05) is 5.69 Å². The number of anilines is 1. The van der Waals surface area contributed by atoms with Crippen LogP contribution >= 0.6 is 11.8 Å². The van der Waals surface area contributed by atoms with Gasteiger partial charge in [0.25, 0.3) is 11.1 Å². The summed E-state index contributed by atoms with van der Waals surface area (Å²) in [6, 6.07) is 14.5. The lowest BCUT2D eigenvalue weighted by molar-refractivity contribution is -0.127. The van der Waals surface area contributed by atoms with Crippen molar-refractivity contribution in [1.29, 1.82) is 0 Å². The fourth-order valence-corrected chi connectivity index (χ4v) is 3.44. The summed E-state index contributed by atoms with van der Waals surface area (Å²) in [5.41, 5.74) is 2.34. The molecule has 3 amide bonds. The average Bonchev–Trinajstić information content (AvgIpc) is 3.05. The van der Waals surface area contributed by atoms with Crippen LogP contribution in [0.5, 0.6) is 5.75 Å². The van der Waals surface area contributed by atoms with Crippen molar-refractivity contribution in [3.63, 3.8) is 0 Å². The summed E-state index contributed by atoms with van der Waals surface area (Å²) in [6.07, 6.45) is -0.641. The van der Waals surface area contributed by atoms with E-state index in [0.717, 1.165) is 28.6 Å². The molecule has 1 fully saturated rings. The predicted octanol–water partition coefficient (Wildman–Crippen LogP) is 3.43. The Balaban J connectivity index is 1.50. The SMILES string of the molecule is COc1cccc(COC(C)C(=O)Nc2ccc(CN3C(=O)CSC3=O)cc2)c1. The Bertz CT molecular complexity index is 884. The van der Waals surface area contributed by atoms with Crippen LogP contribution in [0, 0.1) is 0 Å². The number of amides is 3. The Morgan fingerprint density at radius 1 is 1.17 bits per heavy atom. The molecule has 0 spiro atoms. The van der Waals surface area contributed by atoms with Crippen molar-refractivity contribution in [2.45, 2.75) is 26.2 Å². The highest BCUT2D eigenvalue weighted by atomic mass is 32.2. The maximum Gasteiger partial charge on any atom is 0.289 e. The average molecular weight is 414 g/mol. The van der Waals surface area contributed by atoms with Crippen LogP contribution in [0.3, 0.4) is 0 Å². The monoisotopic (exact) mass is 414 g/mol. The molecule has 1 atom stereocenters. The summed E-state index contributed by atoms with van der Waals surface area (Å²) in [5, 5.41) is 2.57. The van der Waals surface area contributed by atoms with Crippen molar-refractivity contribution in [3.05, 3.63) is 59.7 Å². The Morgan fingerprint density at radius 2 is 1.93 bits per heavy atom. The molecule has 1 saturated heterocycles. The number of ether oxygens (including phenoxy) is 2. The molecule has 0 saturated carbocycles. The van der Waals surface area contributed by atoms with Gasteiger partial charge in [-0.25, -0.2) is 0 Å². The zero-order valence-corrected chi connectivity index (χ0v) is 17.0. The fraction of sp³-hybridized carbons (Fsp3) is 0.286. The van der Waals surface area contributed by atoms with Crippen molar-refractivity contribution in [3.8, 4) is 5.75 Å². The van der Waals surface area contributed by atoms with Crippen LogP contribution in [0.25, 0.3) is 0 Å². The molecule has 1 heterocycles. The van der Waals surface area contributed by atoms with Gasteiger partial charge >= 0.3 is 0 Å². The van der Waals surface area contributed by atoms with Crippen LogP contribution in [0.15, 0.2) is 48.5 Å². The Kier molecular flexibility index (Phi) is 6.90. The third kappa shape index (κ3) is 5.58. The van der Waals surface area contributed by atoms with Crippen LogP contribution in [0.1, 0.15) is 18.1 Å². The smallest absolute Gasteiger partial charge is 0.289 e. The summed E-state index contributed by atoms with van der Waals surface area (Å²) in [5.74, 6) is 0.487. The van der Waals surface area contributed by atoms with E-state index >= 15 is 0 Å². The molecule has 1 unspecified atom stereocenters. The van der Waals surface area contributed by atoms with Crippen molar-refractivity contribution < 1.29 is 23.9 Å². The van der Waals surface area contributed by atoms with E-state index in [2.05, 4.69) is 5.32 Å². The summed E-state index contributed by atoms with van der Waals surface area (Å²) in [6.45, 7) is 2.21. The molecule has 0 aliphatic carbocycles. The van der Waals surface area contributed by atoms with Gasteiger partial charge in [-0.2, -0.15) is 0 Å². The van der Waals surface area contributed by atoms with E-state index in [1.165, 1.54) is 4.90 Å². The number of hydrogen-bond donors (Lipinski definition) is 1. The quantitative estimate of drug-likeness (QED) is 0.712. The lowest BCUT2D eigenvalue weighted by atomic mass is 10.2. The van der Waals surface area contributed by atoms with Gasteiger partial charge in [0.2, 0.25) is 5.91 Å². The fourth-order valence-electron chi connectivity index (χ4n) is 2.71. The molecule has 1 aliphatic heterocycles. The topological polar surface area (TPSA) is 84.9 Å². The number of imide groups is 1. The lowest BCUT2D eigenvalue weighted by Gasteiger charge is -2.15. The Morgan fingerprint density at radius 3 is 2.59 bits per heavy atom. The number of carbonyl (C=O) groups is 3. The zero-order chi connectivity index (χ0) is 20.8. The number of nitrogens with one attached hydrogen (secondary N) is 1. The Labute approximate surface area is 173 Å². The summed E-state index contributed by atoms with van der Waals surface area (Å²) < 4.78 is 10.8. The molecule has 29 heavy (non-hydrogen) atoms. The van der Waals surface area contributed by atoms with E-state index in [0.29, 0.717) is 12.3 Å². The van der Waals surface area contributed by atoms with Crippen LogP contribution < -0.4 is 10.1 Å². The number of benzene rings is 2. The van der Waals surface area contributed by atoms with Gasteiger partial charge in [0.05, 0.1) is 26.0 Å². The first-order chi connectivity index (χ1) is 14.0. The lowest BCUT2D eigenvalue weighted by Crippen LogP contribution is -2.28. The highest BCUT2D eigenvalue weighted by Crippen LogP contribution is 2.22. The maximum atomic E-state index is 12.3. The number of nitrogens with zero attached hydrogens (tertiary/aromatic N) is 1. The first-order valence-electron chi connectivity index (χ1n) is 9.07. The molecule has 1 N–H and O–H groups in total. The summed E-state index contributed by atoms with van der Waals surface area (Å²) in [7, 11) is 1.60. The maximum absolute atomic E-state index is 12.3. The molecule has 0 aromatic heterocycles. The number of hydrogen-bond acceptors (Lipinski definition) is 6. The highest BCUT2D eigenvalue weighted by molar-refractivity contribution is 8.14. The third-order valence-corrected chi connectivity index (χ3v) is 5.26. The second-order valence-electron chi connectivity index (χ2n) is 6.53. The molecule has 0 radical (unpaired) electrons. The first kappa shape index (κ1) is 20.9. The van der Waals surface area contributed by atoms with E-state index in [1.54, 1.807) is 38.3 Å². The van der Waals surface area contributed by atoms with E-state index < -0.39 is 6.10 Å². The molecule has 3 rings (SSSR count). The number of methoxy groups -OCH3 is 1. The van der Waals surface area contributed by atoms with E-state index in [-0.39, 0.29) is 29.4 Å². The third-order valence-electron chi connectivity index (χ3n) is 4.41. The van der Waals surface area contributed by atoms with Gasteiger partial charge in [0.1, 0.15) is 11.9 Å². The number of thioether (sulfide) groups is 1. The van der Waals surface area contributed by atoms with Crippen molar-refractivity contribution in [2.24, 2.45) is 0 Å². The molecule has 152 valence electrons. The molecule has 8 heteroatoms. The molecule has 2 aromatic carbocycles. The normalized spacial score (nSPS) is 14.8. The zero-order valence-electron chi connectivity index (χ0n) is 16.2. The summed E-state index contributed by atoms with van der Waals surface area (Å²) in [4.78, 5) is 36.9. The highest BCUT2D eigenvalue weighted by Gasteiger charge is 2.29. The number of carbonyl (C=O) groups excluding carboxylic acids is 3. The minimum atomic E-state index is -0.641. The molecule has 7 nitrogen and oxygen atoms in total. The molecule has 1 aliphatic rings. The van der Waals surface area contributed by atoms with Crippen molar-refractivity contribution in [2.75, 3.05) is 18.2 Å². The van der Waals surface area contributed by atoms with E-state index in [4.69, 9.17) is 9.47 Å².